The Morgan fingerprint density at radius 3 is 1.33 bits per heavy atom. The van der Waals surface area contributed by atoms with Crippen molar-refractivity contribution in [1.29, 1.82) is 0 Å². The minimum absolute atomic E-state index is 0. The zero-order valence-corrected chi connectivity index (χ0v) is 20.7. The molecule has 0 radical (unpaired) electrons. The van der Waals surface area contributed by atoms with Crippen LogP contribution in [0.15, 0.2) is 120 Å². The van der Waals surface area contributed by atoms with E-state index in [9.17, 15) is 4.21 Å². The number of hydrogen-bond acceptors (Lipinski definition) is 1. The lowest BCUT2D eigenvalue weighted by molar-refractivity contribution is -0.00000675. The zero-order valence-electron chi connectivity index (χ0n) is 16.8. The van der Waals surface area contributed by atoms with Crippen molar-refractivity contribution < 1.29 is 28.2 Å². The second-order valence-electron chi connectivity index (χ2n) is 7.10. The molecule has 4 aromatic rings. The van der Waals surface area contributed by atoms with E-state index >= 15 is 0 Å². The maximum atomic E-state index is 13.6. The summed E-state index contributed by atoms with van der Waals surface area (Å²) in [4.78, 5) is 0.891. The summed E-state index contributed by atoms with van der Waals surface area (Å²) in [7, 11) is -3.20. The van der Waals surface area contributed by atoms with Crippen LogP contribution in [-0.2, 0) is 10.8 Å². The third-order valence-electron chi connectivity index (χ3n) is 5.19. The Bertz CT molecular complexity index is 988. The van der Waals surface area contributed by atoms with Crippen LogP contribution in [0.25, 0.3) is 0 Å². The van der Waals surface area contributed by atoms with Gasteiger partial charge < -0.3 is 24.0 Å². The van der Waals surface area contributed by atoms with Gasteiger partial charge in [0.15, 0.2) is 5.49 Å². The molecule has 1 atom stereocenters. The second-order valence-corrected chi connectivity index (χ2v) is 12.5. The summed E-state index contributed by atoms with van der Waals surface area (Å²) in [5.41, 5.74) is 1.77. The number of rotatable bonds is 6. The van der Waals surface area contributed by atoms with Crippen molar-refractivity contribution in [2.24, 2.45) is 0 Å². The summed E-state index contributed by atoms with van der Waals surface area (Å²) in [5.74, 6) is 0. The third-order valence-corrected chi connectivity index (χ3v) is 12.0. The van der Waals surface area contributed by atoms with E-state index in [1.807, 2.05) is 42.5 Å². The van der Waals surface area contributed by atoms with Crippen LogP contribution in [-0.4, -0.2) is 9.70 Å². The van der Waals surface area contributed by atoms with Gasteiger partial charge in [0.25, 0.3) is 0 Å². The molecule has 0 saturated heterocycles. The largest absolute Gasteiger partial charge is 1.00 e. The molecule has 30 heavy (non-hydrogen) atoms. The van der Waals surface area contributed by atoms with Gasteiger partial charge in [0.2, 0.25) is 0 Å². The maximum Gasteiger partial charge on any atom is 0.152 e. The molecule has 0 aliphatic heterocycles. The van der Waals surface area contributed by atoms with E-state index in [4.69, 9.17) is 0 Å². The topological polar surface area (TPSA) is 17.1 Å². The van der Waals surface area contributed by atoms with Crippen molar-refractivity contribution >= 4 is 34.0 Å². The van der Waals surface area contributed by atoms with Gasteiger partial charge >= 0.3 is 0 Å². The van der Waals surface area contributed by atoms with Gasteiger partial charge in [0.05, 0.1) is 10.8 Å². The monoisotopic (exact) mass is 542 g/mol. The van der Waals surface area contributed by atoms with Crippen LogP contribution in [0.1, 0.15) is 5.56 Å². The van der Waals surface area contributed by atoms with Crippen LogP contribution < -0.4 is 39.9 Å². The molecule has 4 rings (SSSR count). The van der Waals surface area contributed by atoms with Crippen molar-refractivity contribution in [3.63, 3.8) is 0 Å². The first kappa shape index (κ1) is 22.9. The minimum atomic E-state index is -2.09. The lowest BCUT2D eigenvalue weighted by Gasteiger charge is -2.27. The average Bonchev–Trinajstić information content (AvgIpc) is 2.79. The molecule has 0 N–H and O–H groups in total. The fourth-order valence-electron chi connectivity index (χ4n) is 3.66. The number of aryl methyl sites for hydroxylation is 1. The highest BCUT2D eigenvalue weighted by molar-refractivity contribution is 8.06. The molecule has 0 saturated carbocycles. The van der Waals surface area contributed by atoms with Crippen LogP contribution >= 0.6 is 7.26 Å². The average molecular weight is 542 g/mol. The molecule has 152 valence electrons. The molecule has 0 aliphatic carbocycles. The summed E-state index contributed by atoms with van der Waals surface area (Å²) in [6.45, 7) is 2.06. The van der Waals surface area contributed by atoms with E-state index in [1.165, 1.54) is 21.5 Å². The number of benzene rings is 4. The first-order valence-corrected chi connectivity index (χ1v) is 13.0. The highest BCUT2D eigenvalue weighted by atomic mass is 127. The Morgan fingerprint density at radius 2 is 0.967 bits per heavy atom. The highest BCUT2D eigenvalue weighted by Gasteiger charge is 2.47. The van der Waals surface area contributed by atoms with Gasteiger partial charge in [-0.15, -0.1) is 0 Å². The fraction of sp³-hybridized carbons (Fsp3) is 0.0769. The third kappa shape index (κ3) is 4.74. The summed E-state index contributed by atoms with van der Waals surface area (Å²) >= 11 is 0. The lowest BCUT2D eigenvalue weighted by atomic mass is 10.2. The molecule has 0 aliphatic rings. The molecule has 0 spiro atoms. The van der Waals surface area contributed by atoms with Crippen LogP contribution in [0, 0.1) is 6.92 Å². The molecule has 0 heterocycles. The van der Waals surface area contributed by atoms with Crippen LogP contribution in [0.3, 0.4) is 0 Å². The predicted octanol–water partition coefficient (Wildman–Crippen LogP) is 2.06. The Balaban J connectivity index is 0.00000256. The van der Waals surface area contributed by atoms with Gasteiger partial charge in [-0.25, -0.2) is 0 Å². The molecular weight excluding hydrogens is 518 g/mol. The van der Waals surface area contributed by atoms with Crippen LogP contribution in [0.4, 0.5) is 0 Å². The van der Waals surface area contributed by atoms with E-state index in [1.54, 1.807) is 0 Å². The van der Waals surface area contributed by atoms with Crippen LogP contribution in [0.2, 0.25) is 0 Å². The van der Waals surface area contributed by atoms with Crippen molar-refractivity contribution in [2.75, 3.05) is 5.49 Å². The Morgan fingerprint density at radius 1 is 0.600 bits per heavy atom. The van der Waals surface area contributed by atoms with E-state index in [0.717, 1.165) is 4.90 Å². The van der Waals surface area contributed by atoms with Crippen molar-refractivity contribution in [2.45, 2.75) is 11.8 Å². The van der Waals surface area contributed by atoms with Gasteiger partial charge in [0, 0.05) is 4.90 Å². The molecule has 0 bridgehead atoms. The smallest absolute Gasteiger partial charge is 0.152 e. The van der Waals surface area contributed by atoms with Gasteiger partial charge in [-0.05, 0) is 55.5 Å². The number of halogens is 1. The van der Waals surface area contributed by atoms with Gasteiger partial charge in [0.1, 0.15) is 23.2 Å². The number of hydrogen-bond donors (Lipinski definition) is 0. The van der Waals surface area contributed by atoms with Crippen molar-refractivity contribution in [3.8, 4) is 0 Å². The van der Waals surface area contributed by atoms with E-state index in [0.29, 0.717) is 5.49 Å². The molecular formula is C26H24IOPS. The first-order valence-electron chi connectivity index (χ1n) is 9.70. The summed E-state index contributed by atoms with van der Waals surface area (Å²) < 4.78 is 13.6. The summed E-state index contributed by atoms with van der Waals surface area (Å²) in [6, 6.07) is 39.9. The zero-order chi connectivity index (χ0) is 20.1. The molecule has 4 aromatic carbocycles. The molecule has 0 amide bonds. The standard InChI is InChI=1S/C26H24OPS.HI/c1-22-17-19-26(20-18-22)29(27)21-28(23-11-5-2-6-12-23,24-13-7-3-8-14-24)25-15-9-4-10-16-25;/h2-20H,21H2,1H3;1H/q+1;/p-1/t29-;/m1./s1. The van der Waals surface area contributed by atoms with Gasteiger partial charge in [-0.1, -0.05) is 72.3 Å². The van der Waals surface area contributed by atoms with E-state index in [-0.39, 0.29) is 24.0 Å². The van der Waals surface area contributed by atoms with Crippen molar-refractivity contribution in [1.82, 2.24) is 0 Å². The Kier molecular flexibility index (Phi) is 7.99. The highest BCUT2D eigenvalue weighted by Crippen LogP contribution is 2.56. The molecule has 0 aromatic heterocycles. The van der Waals surface area contributed by atoms with E-state index in [2.05, 4.69) is 79.7 Å². The Hall–Kier alpha value is -1.81. The normalized spacial score (nSPS) is 12.0. The predicted molar refractivity (Wildman–Crippen MR) is 128 cm³/mol. The molecule has 0 unspecified atom stereocenters. The molecule has 0 fully saturated rings. The fourth-order valence-corrected chi connectivity index (χ4v) is 10.8. The Labute approximate surface area is 199 Å². The summed E-state index contributed by atoms with van der Waals surface area (Å²) in [5, 5.41) is 3.79. The minimum Gasteiger partial charge on any atom is -1.00 e. The summed E-state index contributed by atoms with van der Waals surface area (Å²) in [6.07, 6.45) is 0. The first-order chi connectivity index (χ1) is 14.2. The maximum absolute atomic E-state index is 13.6. The SMILES string of the molecule is Cc1ccc([S@](=O)C[P+](c2ccccc2)(c2ccccc2)c2ccccc2)cc1.[I-]. The lowest BCUT2D eigenvalue weighted by Crippen LogP contribution is -3.00. The quantitative estimate of drug-likeness (QED) is 0.270. The van der Waals surface area contributed by atoms with Crippen LogP contribution in [0.5, 0.6) is 0 Å². The second kappa shape index (κ2) is 10.5. The van der Waals surface area contributed by atoms with Crippen molar-refractivity contribution in [3.05, 3.63) is 121 Å². The molecule has 1 nitrogen and oxygen atoms in total. The van der Waals surface area contributed by atoms with Gasteiger partial charge in [-0.2, -0.15) is 0 Å². The van der Waals surface area contributed by atoms with E-state index < -0.39 is 18.1 Å². The van der Waals surface area contributed by atoms with Gasteiger partial charge in [-0.3, -0.25) is 4.21 Å². The molecule has 4 heteroatoms.